The number of benzene rings is 3. The van der Waals surface area contributed by atoms with Crippen LogP contribution in [0.15, 0.2) is 54.6 Å². The highest BCUT2D eigenvalue weighted by Gasteiger charge is 2.28. The second kappa shape index (κ2) is 12.8. The molecular formula is C32H34ClFN2O3. The highest BCUT2D eigenvalue weighted by Crippen LogP contribution is 2.43. The summed E-state index contributed by atoms with van der Waals surface area (Å²) in [7, 11) is 0. The number of hydrogen-bond acceptors (Lipinski definition) is 5. The van der Waals surface area contributed by atoms with Gasteiger partial charge in [0.05, 0.1) is 23.8 Å². The summed E-state index contributed by atoms with van der Waals surface area (Å²) in [4.78, 5) is 2.30. The van der Waals surface area contributed by atoms with Crippen LogP contribution in [-0.4, -0.2) is 35.8 Å². The van der Waals surface area contributed by atoms with Crippen molar-refractivity contribution in [2.75, 3.05) is 19.7 Å². The van der Waals surface area contributed by atoms with Crippen LogP contribution in [0.2, 0.25) is 5.02 Å². The van der Waals surface area contributed by atoms with E-state index in [4.69, 9.17) is 26.3 Å². The quantitative estimate of drug-likeness (QED) is 0.270. The molecule has 3 aromatic rings. The lowest BCUT2D eigenvalue weighted by atomic mass is 9.96. The molecule has 1 heterocycles. The first-order chi connectivity index (χ1) is 19.0. The molecule has 2 aliphatic rings. The van der Waals surface area contributed by atoms with E-state index >= 15 is 0 Å². The summed E-state index contributed by atoms with van der Waals surface area (Å²) < 4.78 is 27.3. The van der Waals surface area contributed by atoms with Gasteiger partial charge >= 0.3 is 0 Å². The molecule has 0 bridgehead atoms. The number of piperidine rings is 1. The molecule has 7 heteroatoms. The molecule has 5 rings (SSSR count). The fraction of sp³-hybridized carbons (Fsp3) is 0.406. The summed E-state index contributed by atoms with van der Waals surface area (Å²) in [6.07, 6.45) is 4.75. The summed E-state index contributed by atoms with van der Waals surface area (Å²) in [5, 5.41) is 19.2. The highest BCUT2D eigenvalue weighted by atomic mass is 35.5. The Balaban J connectivity index is 1.37. The fourth-order valence-corrected chi connectivity index (χ4v) is 5.79. The summed E-state index contributed by atoms with van der Waals surface area (Å²) in [6, 6.07) is 18.8. The van der Waals surface area contributed by atoms with Gasteiger partial charge in [0.25, 0.3) is 0 Å². The van der Waals surface area contributed by atoms with E-state index < -0.39 is 0 Å². The second-order valence-electron chi connectivity index (χ2n) is 10.4. The molecule has 1 aliphatic carbocycles. The minimum Gasteiger partial charge on any atom is -0.493 e. The van der Waals surface area contributed by atoms with E-state index in [1.165, 1.54) is 6.07 Å². The predicted molar refractivity (Wildman–Crippen MR) is 150 cm³/mol. The van der Waals surface area contributed by atoms with Crippen LogP contribution >= 0.6 is 11.6 Å². The monoisotopic (exact) mass is 548 g/mol. The van der Waals surface area contributed by atoms with Gasteiger partial charge in [-0.05, 0) is 67.3 Å². The van der Waals surface area contributed by atoms with Gasteiger partial charge in [-0.1, -0.05) is 48.0 Å². The van der Waals surface area contributed by atoms with Crippen molar-refractivity contribution in [3.05, 3.63) is 82.1 Å². The standard InChI is InChI=1S/C32H34ClFN2O3/c33-28-19-22(21-36-16-13-23(37)14-17-36)31(38-18-5-1-4-15-35)20-32(28)39-30-12-11-25-24(8-6-9-27(25)30)26-7-2-3-10-29(26)34/h2-3,6-10,19-20,23,30,37H,1,4-5,11-14,16-18,21H2/t30-/m0/s1. The van der Waals surface area contributed by atoms with Crippen molar-refractivity contribution < 1.29 is 19.0 Å². The summed E-state index contributed by atoms with van der Waals surface area (Å²) in [5.74, 6) is 1.07. The van der Waals surface area contributed by atoms with Gasteiger partial charge in [0.1, 0.15) is 23.4 Å². The molecule has 0 unspecified atom stereocenters. The zero-order valence-electron chi connectivity index (χ0n) is 22.0. The molecule has 3 aromatic carbocycles. The zero-order valence-corrected chi connectivity index (χ0v) is 22.8. The predicted octanol–water partition coefficient (Wildman–Crippen LogP) is 7.24. The molecule has 204 valence electrons. The van der Waals surface area contributed by atoms with Gasteiger partial charge in [0.2, 0.25) is 0 Å². The minimum absolute atomic E-state index is 0.192. The van der Waals surface area contributed by atoms with E-state index in [1.54, 1.807) is 6.07 Å². The first kappa shape index (κ1) is 27.5. The lowest BCUT2D eigenvalue weighted by Crippen LogP contribution is -2.35. The maximum absolute atomic E-state index is 14.6. The molecule has 0 aromatic heterocycles. The Morgan fingerprint density at radius 2 is 1.79 bits per heavy atom. The molecule has 0 amide bonds. The third kappa shape index (κ3) is 6.55. The van der Waals surface area contributed by atoms with Crippen molar-refractivity contribution in [2.24, 2.45) is 0 Å². The van der Waals surface area contributed by atoms with E-state index in [-0.39, 0.29) is 18.0 Å². The number of aliphatic hydroxyl groups excluding tert-OH is 1. The number of aliphatic hydroxyl groups is 1. The molecule has 1 saturated heterocycles. The number of fused-ring (bicyclic) bond motifs is 1. The molecule has 1 N–H and O–H groups in total. The molecule has 5 nitrogen and oxygen atoms in total. The molecule has 39 heavy (non-hydrogen) atoms. The zero-order chi connectivity index (χ0) is 27.2. The lowest BCUT2D eigenvalue weighted by molar-refractivity contribution is 0.0787. The van der Waals surface area contributed by atoms with E-state index in [2.05, 4.69) is 17.0 Å². The lowest BCUT2D eigenvalue weighted by Gasteiger charge is -2.30. The van der Waals surface area contributed by atoms with Crippen LogP contribution in [0.3, 0.4) is 0 Å². The van der Waals surface area contributed by atoms with Crippen molar-refractivity contribution in [1.29, 1.82) is 5.26 Å². The van der Waals surface area contributed by atoms with Gasteiger partial charge in [-0.3, -0.25) is 4.90 Å². The summed E-state index contributed by atoms with van der Waals surface area (Å²) in [6.45, 7) is 2.83. The molecule has 0 saturated carbocycles. The Kier molecular flexibility index (Phi) is 9.03. The first-order valence-electron chi connectivity index (χ1n) is 13.8. The number of halogens is 2. The van der Waals surface area contributed by atoms with Crippen molar-refractivity contribution in [3.8, 4) is 28.7 Å². The van der Waals surface area contributed by atoms with E-state index in [0.717, 1.165) is 79.6 Å². The smallest absolute Gasteiger partial charge is 0.142 e. The van der Waals surface area contributed by atoms with E-state index in [9.17, 15) is 9.50 Å². The number of nitrogens with zero attached hydrogens (tertiary/aromatic N) is 2. The van der Waals surface area contributed by atoms with Gasteiger partial charge in [0.15, 0.2) is 0 Å². The van der Waals surface area contributed by atoms with Gasteiger partial charge in [-0.15, -0.1) is 0 Å². The largest absolute Gasteiger partial charge is 0.493 e. The van der Waals surface area contributed by atoms with Gasteiger partial charge in [0, 0.05) is 43.2 Å². The van der Waals surface area contributed by atoms with Crippen LogP contribution in [0.5, 0.6) is 11.5 Å². The normalized spacial score (nSPS) is 17.5. The topological polar surface area (TPSA) is 65.7 Å². The van der Waals surface area contributed by atoms with Crippen molar-refractivity contribution in [1.82, 2.24) is 4.90 Å². The molecule has 1 aliphatic heterocycles. The number of rotatable bonds is 10. The third-order valence-electron chi connectivity index (χ3n) is 7.66. The van der Waals surface area contributed by atoms with Gasteiger partial charge < -0.3 is 14.6 Å². The van der Waals surface area contributed by atoms with Crippen LogP contribution in [0, 0.1) is 17.1 Å². The second-order valence-corrected chi connectivity index (χ2v) is 10.8. The fourth-order valence-electron chi connectivity index (χ4n) is 5.55. The molecular weight excluding hydrogens is 515 g/mol. The van der Waals surface area contributed by atoms with Crippen LogP contribution in [0.1, 0.15) is 61.3 Å². The van der Waals surface area contributed by atoms with Crippen LogP contribution in [0.25, 0.3) is 11.1 Å². The van der Waals surface area contributed by atoms with Crippen molar-refractivity contribution in [2.45, 2.75) is 63.7 Å². The van der Waals surface area contributed by atoms with Gasteiger partial charge in [-0.2, -0.15) is 5.26 Å². The third-order valence-corrected chi connectivity index (χ3v) is 7.95. The molecule has 1 fully saturated rings. The van der Waals surface area contributed by atoms with Crippen LogP contribution < -0.4 is 9.47 Å². The molecule has 1 atom stereocenters. The van der Waals surface area contributed by atoms with Crippen molar-refractivity contribution in [3.63, 3.8) is 0 Å². The SMILES string of the molecule is N#CCCCCOc1cc(O[C@H]2CCc3c(-c4ccccc4F)cccc32)c(Cl)cc1CN1CCC(O)CC1. The summed E-state index contributed by atoms with van der Waals surface area (Å²) in [5.41, 5.74) is 4.67. The molecule has 0 radical (unpaired) electrons. The Morgan fingerprint density at radius 1 is 1.00 bits per heavy atom. The maximum atomic E-state index is 14.6. The van der Waals surface area contributed by atoms with E-state index in [1.807, 2.05) is 36.4 Å². The number of unbranched alkanes of at least 4 members (excludes halogenated alkanes) is 2. The maximum Gasteiger partial charge on any atom is 0.142 e. The summed E-state index contributed by atoms with van der Waals surface area (Å²) >= 11 is 6.77. The number of hydrogen-bond donors (Lipinski definition) is 1. The Bertz CT molecular complexity index is 1330. The number of likely N-dealkylation sites (tertiary alicyclic amines) is 1. The average Bonchev–Trinajstić information content (AvgIpc) is 3.35. The van der Waals surface area contributed by atoms with Crippen LogP contribution in [-0.2, 0) is 13.0 Å². The van der Waals surface area contributed by atoms with Crippen molar-refractivity contribution >= 4 is 11.6 Å². The van der Waals surface area contributed by atoms with Crippen LogP contribution in [0.4, 0.5) is 4.39 Å². The highest BCUT2D eigenvalue weighted by molar-refractivity contribution is 6.32. The van der Waals surface area contributed by atoms with Gasteiger partial charge in [-0.25, -0.2) is 4.39 Å². The first-order valence-corrected chi connectivity index (χ1v) is 14.2. The Labute approximate surface area is 234 Å². The number of nitriles is 1. The molecule has 0 spiro atoms. The average molecular weight is 549 g/mol. The minimum atomic E-state index is -0.232. The Morgan fingerprint density at radius 3 is 2.59 bits per heavy atom. The van der Waals surface area contributed by atoms with E-state index in [0.29, 0.717) is 35.9 Å². The number of ether oxygens (including phenoxy) is 2. The Hall–Kier alpha value is -3.11.